The molecule has 4 aromatic rings. The number of nitrogens with two attached hydrogens (primary N) is 1. The van der Waals surface area contributed by atoms with Gasteiger partial charge in [-0.05, 0) is 53.9 Å². The van der Waals surface area contributed by atoms with Crippen molar-refractivity contribution in [3.05, 3.63) is 99.8 Å². The highest BCUT2D eigenvalue weighted by Gasteiger charge is 2.19. The number of hydrogen-bond donors (Lipinski definition) is 2. The zero-order chi connectivity index (χ0) is 23.4. The molecule has 0 radical (unpaired) electrons. The fourth-order valence-corrected chi connectivity index (χ4v) is 3.73. The Hall–Kier alpha value is -3.79. The first-order valence-electron chi connectivity index (χ1n) is 10.0. The number of nitrogens with one attached hydrogen (secondary N) is 1. The fraction of sp³-hybridized carbons (Fsp3) is 0.0800. The van der Waals surface area contributed by atoms with Crippen LogP contribution in [-0.4, -0.2) is 9.97 Å². The van der Waals surface area contributed by atoms with E-state index in [4.69, 9.17) is 33.7 Å². The number of nitrogens with zero attached hydrogens (tertiary/aromatic N) is 3. The Morgan fingerprint density at radius 1 is 1.03 bits per heavy atom. The lowest BCUT2D eigenvalue weighted by molar-refractivity contribution is 0.464. The Morgan fingerprint density at radius 2 is 1.76 bits per heavy atom. The van der Waals surface area contributed by atoms with Crippen molar-refractivity contribution in [3.63, 3.8) is 0 Å². The van der Waals surface area contributed by atoms with Crippen molar-refractivity contribution in [2.24, 2.45) is 0 Å². The average Bonchev–Trinajstić information content (AvgIpc) is 2.82. The smallest absolute Gasteiger partial charge is 0.248 e. The Bertz CT molecular complexity index is 1320. The van der Waals surface area contributed by atoms with Gasteiger partial charge in [0.15, 0.2) is 5.82 Å². The summed E-state index contributed by atoms with van der Waals surface area (Å²) in [5.41, 5.74) is 9.60. The van der Waals surface area contributed by atoms with Gasteiger partial charge in [-0.2, -0.15) is 10.2 Å². The number of anilines is 3. The van der Waals surface area contributed by atoms with E-state index in [1.807, 2.05) is 55.5 Å². The van der Waals surface area contributed by atoms with E-state index in [2.05, 4.69) is 21.4 Å². The summed E-state index contributed by atoms with van der Waals surface area (Å²) in [6.07, 6.45) is 1.37. The molecule has 1 heterocycles. The normalized spacial score (nSPS) is 11.5. The minimum atomic E-state index is -0.530. The average molecular weight is 476 g/mol. The second-order valence-corrected chi connectivity index (χ2v) is 8.13. The molecule has 33 heavy (non-hydrogen) atoms. The maximum absolute atomic E-state index is 9.81. The zero-order valence-electron chi connectivity index (χ0n) is 17.6. The third kappa shape index (κ3) is 5.01. The third-order valence-corrected chi connectivity index (χ3v) is 5.62. The van der Waals surface area contributed by atoms with Crippen LogP contribution in [0.15, 0.2) is 73.1 Å². The minimum absolute atomic E-state index is 0.242. The monoisotopic (exact) mass is 475 g/mol. The van der Waals surface area contributed by atoms with Gasteiger partial charge in [-0.25, -0.2) is 4.98 Å². The summed E-state index contributed by atoms with van der Waals surface area (Å²) in [6.45, 7) is 1.91. The number of nitrogen functional groups attached to an aromatic ring is 1. The molecule has 0 saturated carbocycles. The number of rotatable bonds is 6. The number of halogens is 2. The first-order valence-corrected chi connectivity index (χ1v) is 10.8. The molecule has 0 fully saturated rings. The lowest BCUT2D eigenvalue weighted by Gasteiger charge is -2.17. The van der Waals surface area contributed by atoms with E-state index in [9.17, 15) is 5.26 Å². The molecule has 0 amide bonds. The first kappa shape index (κ1) is 22.4. The maximum atomic E-state index is 9.81. The van der Waals surface area contributed by atoms with Gasteiger partial charge in [0.1, 0.15) is 17.8 Å². The molecule has 0 spiro atoms. The summed E-state index contributed by atoms with van der Waals surface area (Å²) < 4.78 is 5.78. The van der Waals surface area contributed by atoms with Crippen molar-refractivity contribution in [2.45, 2.75) is 12.8 Å². The van der Waals surface area contributed by atoms with Gasteiger partial charge in [-0.3, -0.25) is 0 Å². The minimum Gasteiger partial charge on any atom is -0.437 e. The summed E-state index contributed by atoms with van der Waals surface area (Å²) in [7, 11) is 0. The Labute approximate surface area is 201 Å². The van der Waals surface area contributed by atoms with Crippen LogP contribution < -0.4 is 15.8 Å². The second-order valence-electron chi connectivity index (χ2n) is 7.28. The Balaban J connectivity index is 1.62. The predicted molar refractivity (Wildman–Crippen MR) is 131 cm³/mol. The lowest BCUT2D eigenvalue weighted by Crippen LogP contribution is -2.05. The molecule has 0 saturated heterocycles. The maximum Gasteiger partial charge on any atom is 0.248 e. The number of hydrogen-bond acceptors (Lipinski definition) is 6. The van der Waals surface area contributed by atoms with Crippen molar-refractivity contribution >= 4 is 40.4 Å². The van der Waals surface area contributed by atoms with Gasteiger partial charge in [0.2, 0.25) is 5.88 Å². The van der Waals surface area contributed by atoms with Crippen LogP contribution in [0.1, 0.15) is 22.6 Å². The van der Waals surface area contributed by atoms with Crippen LogP contribution in [0.5, 0.6) is 11.6 Å². The van der Waals surface area contributed by atoms with Gasteiger partial charge in [-0.1, -0.05) is 59.6 Å². The van der Waals surface area contributed by atoms with Crippen molar-refractivity contribution in [3.8, 4) is 17.7 Å². The van der Waals surface area contributed by atoms with Crippen molar-refractivity contribution < 1.29 is 4.74 Å². The van der Waals surface area contributed by atoms with Gasteiger partial charge in [0, 0.05) is 15.7 Å². The van der Waals surface area contributed by atoms with Crippen molar-refractivity contribution in [1.82, 2.24) is 9.97 Å². The van der Waals surface area contributed by atoms with E-state index in [1.165, 1.54) is 6.33 Å². The van der Waals surface area contributed by atoms with Crippen LogP contribution in [0.4, 0.5) is 17.2 Å². The van der Waals surface area contributed by atoms with E-state index >= 15 is 0 Å². The highest BCUT2D eigenvalue weighted by Crippen LogP contribution is 2.37. The summed E-state index contributed by atoms with van der Waals surface area (Å²) in [5.74, 6) is 0.711. The molecule has 4 rings (SSSR count). The molecule has 3 aromatic carbocycles. The lowest BCUT2D eigenvalue weighted by atomic mass is 9.91. The van der Waals surface area contributed by atoms with E-state index < -0.39 is 5.92 Å². The highest BCUT2D eigenvalue weighted by molar-refractivity contribution is 6.32. The largest absolute Gasteiger partial charge is 0.437 e. The number of aromatic nitrogens is 2. The molecule has 164 valence electrons. The predicted octanol–water partition coefficient (Wildman–Crippen LogP) is 6.87. The molecule has 1 atom stereocenters. The molecule has 1 aromatic heterocycles. The quantitative estimate of drug-likeness (QED) is 0.315. The topological polar surface area (TPSA) is 96.8 Å². The zero-order valence-corrected chi connectivity index (χ0v) is 19.1. The number of para-hydroxylation sites is 1. The summed E-state index contributed by atoms with van der Waals surface area (Å²) in [5, 5.41) is 14.1. The Morgan fingerprint density at radius 3 is 2.45 bits per heavy atom. The first-order chi connectivity index (χ1) is 16.0. The van der Waals surface area contributed by atoms with Crippen molar-refractivity contribution in [2.75, 3.05) is 11.1 Å². The van der Waals surface area contributed by atoms with Crippen LogP contribution in [0.3, 0.4) is 0 Å². The van der Waals surface area contributed by atoms with Crippen molar-refractivity contribution in [1.29, 1.82) is 5.26 Å². The van der Waals surface area contributed by atoms with Crippen LogP contribution in [-0.2, 0) is 0 Å². The molecule has 8 heteroatoms. The van der Waals surface area contributed by atoms with Gasteiger partial charge in [0.25, 0.3) is 0 Å². The third-order valence-electron chi connectivity index (χ3n) is 5.05. The number of nitriles is 1. The molecule has 3 N–H and O–H groups in total. The molecule has 0 aliphatic carbocycles. The van der Waals surface area contributed by atoms with E-state index in [0.29, 0.717) is 32.9 Å². The van der Waals surface area contributed by atoms with Gasteiger partial charge in [-0.15, -0.1) is 0 Å². The number of aryl methyl sites for hydroxylation is 1. The van der Waals surface area contributed by atoms with Crippen LogP contribution in [0.25, 0.3) is 0 Å². The van der Waals surface area contributed by atoms with Crippen LogP contribution in [0, 0.1) is 18.3 Å². The molecular weight excluding hydrogens is 457 g/mol. The second kappa shape index (κ2) is 9.78. The molecule has 1 unspecified atom stereocenters. The molecule has 6 nitrogen and oxygen atoms in total. The van der Waals surface area contributed by atoms with Gasteiger partial charge >= 0.3 is 0 Å². The summed E-state index contributed by atoms with van der Waals surface area (Å²) in [4.78, 5) is 8.38. The van der Waals surface area contributed by atoms with E-state index in [1.54, 1.807) is 18.2 Å². The Kier molecular flexibility index (Phi) is 6.64. The fourth-order valence-electron chi connectivity index (χ4n) is 3.33. The SMILES string of the molecule is Cc1cc(C(C#N)c2ccc(Cl)cc2)c(Cl)cc1Nc1ncnc(Oc2ccccc2)c1N. The highest BCUT2D eigenvalue weighted by atomic mass is 35.5. The molecular formula is C25H19Cl2N5O. The van der Waals surface area contributed by atoms with Gasteiger partial charge < -0.3 is 15.8 Å². The van der Waals surface area contributed by atoms with Gasteiger partial charge in [0.05, 0.1) is 12.0 Å². The van der Waals surface area contributed by atoms with Crippen LogP contribution in [0.2, 0.25) is 10.0 Å². The van der Waals surface area contributed by atoms with Crippen LogP contribution >= 0.6 is 23.2 Å². The summed E-state index contributed by atoms with van der Waals surface area (Å²) in [6, 6.07) is 22.3. The standard InChI is InChI=1S/C25H19Cl2N5O/c1-15-11-19(20(13-28)16-7-9-17(26)10-8-16)21(27)12-22(15)32-24-23(29)25(31-14-30-24)33-18-5-3-2-4-6-18/h2-12,14,20H,29H2,1H3,(H,30,31,32). The summed E-state index contributed by atoms with van der Waals surface area (Å²) >= 11 is 12.6. The molecule has 0 bridgehead atoms. The number of ether oxygens (including phenoxy) is 1. The van der Waals surface area contributed by atoms with E-state index in [-0.39, 0.29) is 11.6 Å². The van der Waals surface area contributed by atoms with E-state index in [0.717, 1.165) is 11.1 Å². The molecule has 0 aliphatic heterocycles. The molecule has 0 aliphatic rings. The number of benzene rings is 3.